The first-order valence-corrected chi connectivity index (χ1v) is 5.40. The minimum Gasteiger partial charge on any atom is -0.481 e. The van der Waals surface area contributed by atoms with Crippen LogP contribution in [-0.2, 0) is 11.2 Å². The summed E-state index contributed by atoms with van der Waals surface area (Å²) in [5.74, 6) is -0.950. The average molecular weight is 272 g/mol. The van der Waals surface area contributed by atoms with Gasteiger partial charge in [0.05, 0.1) is 34.0 Å². The summed E-state index contributed by atoms with van der Waals surface area (Å²) >= 11 is 11.7. The van der Waals surface area contributed by atoms with Crippen molar-refractivity contribution in [3.05, 3.63) is 40.1 Å². The predicted molar refractivity (Wildman–Crippen MR) is 62.7 cm³/mol. The van der Waals surface area contributed by atoms with Gasteiger partial charge in [0.25, 0.3) is 0 Å². The van der Waals surface area contributed by atoms with Crippen molar-refractivity contribution < 1.29 is 9.90 Å². The fourth-order valence-electron chi connectivity index (χ4n) is 1.37. The number of halogens is 2. The maximum Gasteiger partial charge on any atom is 0.309 e. The number of aliphatic carboxylic acids is 1. The fraction of sp³-hybridized carbons (Fsp3) is 0.100. The molecule has 0 bridgehead atoms. The number of carboxylic acid groups (broad SMARTS) is 1. The minimum absolute atomic E-state index is 0.159. The molecule has 2 rings (SSSR count). The molecule has 88 valence electrons. The molecule has 0 radical (unpaired) electrons. The van der Waals surface area contributed by atoms with Gasteiger partial charge in [-0.05, 0) is 18.2 Å². The molecule has 2 aromatic rings. The molecule has 0 aliphatic heterocycles. The van der Waals surface area contributed by atoms with E-state index in [1.54, 1.807) is 18.2 Å². The minimum atomic E-state index is -0.950. The zero-order valence-corrected chi connectivity index (χ0v) is 9.98. The van der Waals surface area contributed by atoms with Gasteiger partial charge in [0.15, 0.2) is 0 Å². The molecule has 0 saturated heterocycles. The Morgan fingerprint density at radius 3 is 2.76 bits per heavy atom. The Morgan fingerprint density at radius 2 is 2.12 bits per heavy atom. The number of hydrogen-bond donors (Lipinski definition) is 1. The Bertz CT molecular complexity index is 568. The van der Waals surface area contributed by atoms with Crippen molar-refractivity contribution >= 4 is 29.2 Å². The van der Waals surface area contributed by atoms with Gasteiger partial charge < -0.3 is 5.11 Å². The van der Waals surface area contributed by atoms with E-state index < -0.39 is 5.97 Å². The molecule has 1 heterocycles. The van der Waals surface area contributed by atoms with Crippen LogP contribution in [0.5, 0.6) is 0 Å². The number of carboxylic acids is 1. The predicted octanol–water partition coefficient (Wildman–Crippen LogP) is 2.20. The van der Waals surface area contributed by atoms with E-state index in [0.717, 1.165) is 0 Å². The second-order valence-corrected chi connectivity index (χ2v) is 4.12. The van der Waals surface area contributed by atoms with Gasteiger partial charge in [0.2, 0.25) is 0 Å². The second-order valence-electron chi connectivity index (χ2n) is 3.31. The van der Waals surface area contributed by atoms with E-state index >= 15 is 0 Å². The van der Waals surface area contributed by atoms with Crippen LogP contribution in [0.4, 0.5) is 0 Å². The van der Waals surface area contributed by atoms with Crippen molar-refractivity contribution in [1.82, 2.24) is 15.0 Å². The summed E-state index contributed by atoms with van der Waals surface area (Å²) in [7, 11) is 0. The molecule has 0 amide bonds. The van der Waals surface area contributed by atoms with Crippen molar-refractivity contribution in [2.45, 2.75) is 6.42 Å². The number of rotatable bonds is 3. The molecular weight excluding hydrogens is 265 g/mol. The quantitative estimate of drug-likeness (QED) is 0.930. The lowest BCUT2D eigenvalue weighted by Gasteiger charge is -2.05. The SMILES string of the molecule is O=C(O)Cc1cnnn1-c1ccc(Cl)c(Cl)c1. The summed E-state index contributed by atoms with van der Waals surface area (Å²) in [6, 6.07) is 4.91. The first kappa shape index (κ1) is 11.9. The van der Waals surface area contributed by atoms with Crippen molar-refractivity contribution in [1.29, 1.82) is 0 Å². The Labute approximate surface area is 107 Å². The molecule has 1 N–H and O–H groups in total. The van der Waals surface area contributed by atoms with Gasteiger partial charge in [-0.25, -0.2) is 4.68 Å². The number of aromatic nitrogens is 3. The van der Waals surface area contributed by atoms with E-state index in [1.165, 1.54) is 10.9 Å². The zero-order valence-electron chi connectivity index (χ0n) is 8.47. The van der Waals surface area contributed by atoms with Crippen LogP contribution >= 0.6 is 23.2 Å². The molecule has 0 fully saturated rings. The smallest absolute Gasteiger partial charge is 0.309 e. The lowest BCUT2D eigenvalue weighted by atomic mass is 10.3. The van der Waals surface area contributed by atoms with Gasteiger partial charge in [-0.15, -0.1) is 5.10 Å². The molecule has 17 heavy (non-hydrogen) atoms. The van der Waals surface area contributed by atoms with Crippen LogP contribution in [0.2, 0.25) is 10.0 Å². The lowest BCUT2D eigenvalue weighted by molar-refractivity contribution is -0.136. The third-order valence-corrected chi connectivity index (χ3v) is 2.84. The van der Waals surface area contributed by atoms with E-state index in [0.29, 0.717) is 21.4 Å². The zero-order chi connectivity index (χ0) is 12.4. The summed E-state index contributed by atoms with van der Waals surface area (Å²) in [6.45, 7) is 0. The summed E-state index contributed by atoms with van der Waals surface area (Å²) in [6.07, 6.45) is 1.24. The Kier molecular flexibility index (Phi) is 3.31. The molecule has 0 spiro atoms. The Balaban J connectivity index is 2.42. The number of benzene rings is 1. The maximum atomic E-state index is 10.7. The molecule has 5 nitrogen and oxygen atoms in total. The second kappa shape index (κ2) is 4.73. The highest BCUT2D eigenvalue weighted by atomic mass is 35.5. The molecule has 0 unspecified atom stereocenters. The highest BCUT2D eigenvalue weighted by molar-refractivity contribution is 6.42. The van der Waals surface area contributed by atoms with Gasteiger partial charge in [-0.1, -0.05) is 28.4 Å². The van der Waals surface area contributed by atoms with Crippen LogP contribution in [0.15, 0.2) is 24.4 Å². The van der Waals surface area contributed by atoms with E-state index in [1.807, 2.05) is 0 Å². The van der Waals surface area contributed by atoms with Crippen molar-refractivity contribution in [3.63, 3.8) is 0 Å². The van der Waals surface area contributed by atoms with Gasteiger partial charge in [-0.2, -0.15) is 0 Å². The van der Waals surface area contributed by atoms with Crippen LogP contribution in [0, 0.1) is 0 Å². The van der Waals surface area contributed by atoms with Gasteiger partial charge >= 0.3 is 5.97 Å². The normalized spacial score (nSPS) is 10.5. The lowest BCUT2D eigenvalue weighted by Crippen LogP contribution is -2.07. The Hall–Kier alpha value is -1.59. The average Bonchev–Trinajstić information content (AvgIpc) is 2.69. The Morgan fingerprint density at radius 1 is 1.35 bits per heavy atom. The van der Waals surface area contributed by atoms with Gasteiger partial charge in [-0.3, -0.25) is 4.79 Å². The summed E-state index contributed by atoms with van der Waals surface area (Å²) in [5, 5.41) is 17.0. The molecule has 0 aliphatic carbocycles. The van der Waals surface area contributed by atoms with Crippen molar-refractivity contribution in [3.8, 4) is 5.69 Å². The third kappa shape index (κ3) is 2.57. The van der Waals surface area contributed by atoms with E-state index in [-0.39, 0.29) is 6.42 Å². The largest absolute Gasteiger partial charge is 0.481 e. The summed E-state index contributed by atoms with van der Waals surface area (Å²) in [5.41, 5.74) is 1.09. The molecule has 1 aromatic carbocycles. The standard InChI is InChI=1S/C10H7Cl2N3O2/c11-8-2-1-6(3-9(8)12)15-7(4-10(16)17)5-13-14-15/h1-3,5H,4H2,(H,16,17). The van der Waals surface area contributed by atoms with Crippen LogP contribution in [0.3, 0.4) is 0 Å². The molecule has 1 aromatic heterocycles. The van der Waals surface area contributed by atoms with Crippen LogP contribution in [-0.4, -0.2) is 26.1 Å². The van der Waals surface area contributed by atoms with Crippen LogP contribution in [0.25, 0.3) is 5.69 Å². The number of carbonyl (C=O) groups is 1. The van der Waals surface area contributed by atoms with E-state index in [9.17, 15) is 4.79 Å². The van der Waals surface area contributed by atoms with Crippen LogP contribution in [0.1, 0.15) is 5.69 Å². The third-order valence-electron chi connectivity index (χ3n) is 2.10. The fourth-order valence-corrected chi connectivity index (χ4v) is 1.66. The monoisotopic (exact) mass is 271 g/mol. The van der Waals surface area contributed by atoms with Crippen LogP contribution < -0.4 is 0 Å². The number of nitrogens with zero attached hydrogens (tertiary/aromatic N) is 3. The van der Waals surface area contributed by atoms with Crippen molar-refractivity contribution in [2.75, 3.05) is 0 Å². The summed E-state index contributed by atoms with van der Waals surface area (Å²) in [4.78, 5) is 10.7. The molecular formula is C10H7Cl2N3O2. The molecule has 7 heteroatoms. The molecule has 0 saturated carbocycles. The molecule has 0 aliphatic rings. The highest BCUT2D eigenvalue weighted by Crippen LogP contribution is 2.24. The number of hydrogen-bond acceptors (Lipinski definition) is 3. The topological polar surface area (TPSA) is 68.0 Å². The maximum absolute atomic E-state index is 10.7. The van der Waals surface area contributed by atoms with E-state index in [4.69, 9.17) is 28.3 Å². The summed E-state index contributed by atoms with van der Waals surface area (Å²) < 4.78 is 1.41. The van der Waals surface area contributed by atoms with E-state index in [2.05, 4.69) is 10.3 Å². The van der Waals surface area contributed by atoms with Crippen molar-refractivity contribution in [2.24, 2.45) is 0 Å². The molecule has 0 atom stereocenters. The first-order chi connectivity index (χ1) is 8.08. The van der Waals surface area contributed by atoms with Gasteiger partial charge in [0.1, 0.15) is 0 Å². The highest BCUT2D eigenvalue weighted by Gasteiger charge is 2.10. The van der Waals surface area contributed by atoms with Gasteiger partial charge in [0, 0.05) is 0 Å². The first-order valence-electron chi connectivity index (χ1n) is 4.64.